The Labute approximate surface area is 152 Å². The van der Waals surface area contributed by atoms with Crippen molar-refractivity contribution in [1.29, 1.82) is 0 Å². The molecule has 0 fully saturated rings. The molecule has 1 aliphatic carbocycles. The van der Waals surface area contributed by atoms with Crippen LogP contribution in [0, 0.1) is 5.92 Å². The van der Waals surface area contributed by atoms with Crippen LogP contribution in [0.2, 0.25) is 0 Å². The zero-order valence-corrected chi connectivity index (χ0v) is 15.7. The molecule has 0 radical (unpaired) electrons. The van der Waals surface area contributed by atoms with Gasteiger partial charge in [-0.05, 0) is 52.0 Å². The number of ketones is 1. The van der Waals surface area contributed by atoms with E-state index in [1.165, 1.54) is 0 Å². The van der Waals surface area contributed by atoms with Gasteiger partial charge in [-0.2, -0.15) is 0 Å². The summed E-state index contributed by atoms with van der Waals surface area (Å²) in [6.07, 6.45) is 3.23. The maximum Gasteiger partial charge on any atom is 0.339 e. The van der Waals surface area contributed by atoms with Crippen LogP contribution in [0.1, 0.15) is 62.0 Å². The summed E-state index contributed by atoms with van der Waals surface area (Å²) in [6.45, 7) is 7.62. The second kappa shape index (κ2) is 6.15. The van der Waals surface area contributed by atoms with Crippen LogP contribution in [0.5, 0.6) is 11.5 Å². The molecule has 5 nitrogen and oxygen atoms in total. The lowest BCUT2D eigenvalue weighted by atomic mass is 9.86. The van der Waals surface area contributed by atoms with Crippen molar-refractivity contribution in [2.75, 3.05) is 0 Å². The minimum atomic E-state index is -0.338. The summed E-state index contributed by atoms with van der Waals surface area (Å²) in [6, 6.07) is 1.80. The maximum atomic E-state index is 13.0. The van der Waals surface area contributed by atoms with Gasteiger partial charge in [-0.15, -0.1) is 0 Å². The minimum Gasteiger partial charge on any atom is -0.490 e. The van der Waals surface area contributed by atoms with Crippen LogP contribution in [-0.2, 0) is 12.8 Å². The van der Waals surface area contributed by atoms with Crippen molar-refractivity contribution in [2.45, 2.75) is 65.6 Å². The smallest absolute Gasteiger partial charge is 0.339 e. The molecule has 0 saturated carbocycles. The largest absolute Gasteiger partial charge is 0.490 e. The zero-order chi connectivity index (χ0) is 18.6. The fourth-order valence-electron chi connectivity index (χ4n) is 3.98. The van der Waals surface area contributed by atoms with E-state index < -0.39 is 0 Å². The molecule has 0 bridgehead atoms. The Morgan fingerprint density at radius 2 is 1.81 bits per heavy atom. The number of carbonyl (C=O) groups excluding carboxylic acids is 1. The first-order chi connectivity index (χ1) is 12.4. The summed E-state index contributed by atoms with van der Waals surface area (Å²) >= 11 is 0. The molecule has 0 unspecified atom stereocenters. The first kappa shape index (κ1) is 17.1. The van der Waals surface area contributed by atoms with Gasteiger partial charge in [-0.3, -0.25) is 4.79 Å². The number of benzene rings is 1. The first-order valence-corrected chi connectivity index (χ1v) is 9.41. The molecule has 1 aromatic carbocycles. The minimum absolute atomic E-state index is 0.0428. The molecular formula is C21H24O5. The molecule has 2 aromatic rings. The highest BCUT2D eigenvalue weighted by Gasteiger charge is 2.36. The SMILES string of the molecule is CC(C)Oc1cc2c(c3oc(=O)c4c(c13)CCCC4)C(=O)[C@H](C)[C@@H](C)O2. The Morgan fingerprint density at radius 1 is 1.12 bits per heavy atom. The van der Waals surface area contributed by atoms with E-state index in [2.05, 4.69) is 0 Å². The van der Waals surface area contributed by atoms with E-state index in [1.807, 2.05) is 27.7 Å². The molecule has 0 amide bonds. The molecular weight excluding hydrogens is 332 g/mol. The van der Waals surface area contributed by atoms with Crippen LogP contribution in [0.25, 0.3) is 11.0 Å². The Balaban J connectivity index is 2.11. The molecule has 0 N–H and O–H groups in total. The molecule has 4 rings (SSSR count). The molecule has 5 heteroatoms. The topological polar surface area (TPSA) is 65.7 Å². The molecule has 26 heavy (non-hydrogen) atoms. The van der Waals surface area contributed by atoms with Crippen LogP contribution in [-0.4, -0.2) is 18.0 Å². The predicted octanol–water partition coefficient (Wildman–Crippen LogP) is 4.06. The zero-order valence-electron chi connectivity index (χ0n) is 15.7. The van der Waals surface area contributed by atoms with Crippen molar-refractivity contribution in [3.05, 3.63) is 33.2 Å². The number of aryl methyl sites for hydroxylation is 1. The van der Waals surface area contributed by atoms with Crippen molar-refractivity contribution >= 4 is 16.8 Å². The summed E-state index contributed by atoms with van der Waals surface area (Å²) in [7, 11) is 0. The van der Waals surface area contributed by atoms with Gasteiger partial charge in [0.05, 0.1) is 17.4 Å². The van der Waals surface area contributed by atoms with Crippen molar-refractivity contribution in [3.8, 4) is 11.5 Å². The third kappa shape index (κ3) is 2.52. The second-order valence-corrected chi connectivity index (χ2v) is 7.65. The van der Waals surface area contributed by atoms with E-state index in [9.17, 15) is 9.59 Å². The molecule has 2 atom stereocenters. The Morgan fingerprint density at radius 3 is 2.50 bits per heavy atom. The number of ether oxygens (including phenoxy) is 2. The number of carbonyl (C=O) groups is 1. The summed E-state index contributed by atoms with van der Waals surface area (Å²) < 4.78 is 17.7. The van der Waals surface area contributed by atoms with Gasteiger partial charge in [0.25, 0.3) is 0 Å². The van der Waals surface area contributed by atoms with Gasteiger partial charge in [0.2, 0.25) is 0 Å². The Hall–Kier alpha value is -2.30. The predicted molar refractivity (Wildman–Crippen MR) is 98.5 cm³/mol. The number of hydrogen-bond acceptors (Lipinski definition) is 5. The molecule has 0 spiro atoms. The Bertz CT molecular complexity index is 953. The van der Waals surface area contributed by atoms with Gasteiger partial charge in [0.1, 0.15) is 23.2 Å². The summed E-state index contributed by atoms with van der Waals surface area (Å²) in [4.78, 5) is 25.6. The lowest BCUT2D eigenvalue weighted by Gasteiger charge is -2.30. The van der Waals surface area contributed by atoms with Gasteiger partial charge in [-0.25, -0.2) is 4.79 Å². The van der Waals surface area contributed by atoms with E-state index >= 15 is 0 Å². The number of Topliss-reactive ketones (excluding diaryl/α,β-unsaturated/α-hetero) is 1. The standard InChI is InChI=1S/C21H24O5/c1-10(2)24-15-9-16-18(19(22)11(3)12(4)25-16)20-17(15)13-7-5-6-8-14(13)21(23)26-20/h9-12H,5-8H2,1-4H3/t11-,12-/m1/s1. The van der Waals surface area contributed by atoms with Crippen molar-refractivity contribution in [1.82, 2.24) is 0 Å². The van der Waals surface area contributed by atoms with Crippen LogP contribution in [0.15, 0.2) is 15.3 Å². The van der Waals surface area contributed by atoms with E-state index in [4.69, 9.17) is 13.9 Å². The maximum absolute atomic E-state index is 13.0. The van der Waals surface area contributed by atoms with Gasteiger partial charge < -0.3 is 13.9 Å². The molecule has 1 aromatic heterocycles. The average molecular weight is 356 g/mol. The number of hydrogen-bond donors (Lipinski definition) is 0. The van der Waals surface area contributed by atoms with Gasteiger partial charge in [-0.1, -0.05) is 6.92 Å². The van der Waals surface area contributed by atoms with Crippen molar-refractivity contribution < 1.29 is 18.7 Å². The fraction of sp³-hybridized carbons (Fsp3) is 0.524. The number of rotatable bonds is 2. The quantitative estimate of drug-likeness (QED) is 0.759. The summed E-state index contributed by atoms with van der Waals surface area (Å²) in [5.41, 5.74) is 2.07. The molecule has 2 aliphatic rings. The molecule has 1 aliphatic heterocycles. The van der Waals surface area contributed by atoms with Gasteiger partial charge in [0.15, 0.2) is 11.4 Å². The van der Waals surface area contributed by atoms with E-state index in [-0.39, 0.29) is 29.5 Å². The summed E-state index contributed by atoms with van der Waals surface area (Å²) in [5, 5.41) is 0.769. The Kier molecular flexibility index (Phi) is 4.05. The summed E-state index contributed by atoms with van der Waals surface area (Å²) in [5.74, 6) is 0.746. The fourth-order valence-corrected chi connectivity index (χ4v) is 3.98. The van der Waals surface area contributed by atoms with Crippen LogP contribution in [0.4, 0.5) is 0 Å². The third-order valence-corrected chi connectivity index (χ3v) is 5.46. The van der Waals surface area contributed by atoms with Crippen molar-refractivity contribution in [3.63, 3.8) is 0 Å². The lowest BCUT2D eigenvalue weighted by molar-refractivity contribution is 0.0730. The van der Waals surface area contributed by atoms with E-state index in [1.54, 1.807) is 6.07 Å². The second-order valence-electron chi connectivity index (χ2n) is 7.65. The molecule has 0 saturated heterocycles. The van der Waals surface area contributed by atoms with Crippen LogP contribution in [0.3, 0.4) is 0 Å². The van der Waals surface area contributed by atoms with Crippen LogP contribution >= 0.6 is 0 Å². The van der Waals surface area contributed by atoms with Crippen molar-refractivity contribution in [2.24, 2.45) is 5.92 Å². The lowest BCUT2D eigenvalue weighted by Crippen LogP contribution is -2.34. The van der Waals surface area contributed by atoms with E-state index in [0.29, 0.717) is 29.1 Å². The third-order valence-electron chi connectivity index (χ3n) is 5.46. The highest BCUT2D eigenvalue weighted by Crippen LogP contribution is 2.43. The molecule has 2 heterocycles. The normalized spacial score (nSPS) is 22.1. The highest BCUT2D eigenvalue weighted by molar-refractivity contribution is 6.12. The average Bonchev–Trinajstić information content (AvgIpc) is 2.59. The van der Waals surface area contributed by atoms with E-state index in [0.717, 1.165) is 35.8 Å². The van der Waals surface area contributed by atoms with Gasteiger partial charge >= 0.3 is 5.63 Å². The number of fused-ring (bicyclic) bond motifs is 5. The highest BCUT2D eigenvalue weighted by atomic mass is 16.5. The monoisotopic (exact) mass is 356 g/mol. The first-order valence-electron chi connectivity index (χ1n) is 9.41. The van der Waals surface area contributed by atoms with Crippen LogP contribution < -0.4 is 15.1 Å². The van der Waals surface area contributed by atoms with Gasteiger partial charge in [0, 0.05) is 11.6 Å². The molecule has 138 valence electrons.